The van der Waals surface area contributed by atoms with Crippen molar-refractivity contribution in [2.45, 2.75) is 13.0 Å². The molecule has 2 rings (SSSR count). The molecule has 0 atom stereocenters. The van der Waals surface area contributed by atoms with Crippen molar-refractivity contribution >= 4 is 11.6 Å². The maximum absolute atomic E-state index is 5.75. The van der Waals surface area contributed by atoms with Crippen LogP contribution in [0.2, 0.25) is 0 Å². The summed E-state index contributed by atoms with van der Waals surface area (Å²) >= 11 is 5.59. The first-order valence-corrected chi connectivity index (χ1v) is 7.11. The molecule has 21 heavy (non-hydrogen) atoms. The predicted octanol–water partition coefficient (Wildman–Crippen LogP) is 3.65. The van der Waals surface area contributed by atoms with Crippen LogP contribution in [-0.4, -0.2) is 18.0 Å². The smallest absolute Gasteiger partial charge is 0.139 e. The summed E-state index contributed by atoms with van der Waals surface area (Å²) in [6.07, 6.45) is 4.03. The van der Waals surface area contributed by atoms with Gasteiger partial charge in [0.25, 0.3) is 0 Å². The van der Waals surface area contributed by atoms with E-state index in [1.807, 2.05) is 30.3 Å². The average Bonchev–Trinajstić information content (AvgIpc) is 2.54. The Bertz CT molecular complexity index is 646. The fourth-order valence-electron chi connectivity index (χ4n) is 1.76. The summed E-state index contributed by atoms with van der Waals surface area (Å²) in [6.45, 7) is 0.421. The van der Waals surface area contributed by atoms with Crippen molar-refractivity contribution in [3.8, 4) is 23.3 Å². The first kappa shape index (κ1) is 15.2. The van der Waals surface area contributed by atoms with Crippen molar-refractivity contribution in [1.29, 1.82) is 0 Å². The lowest BCUT2D eigenvalue weighted by atomic mass is 10.2. The van der Waals surface area contributed by atoms with Gasteiger partial charge in [0, 0.05) is 29.6 Å². The van der Waals surface area contributed by atoms with Crippen LogP contribution in [0.4, 0.5) is 0 Å². The monoisotopic (exact) mass is 301 g/mol. The molecule has 2 aromatic rings. The topological polar surface area (TPSA) is 31.4 Å². The quantitative estimate of drug-likeness (QED) is 0.624. The molecule has 0 aliphatic carbocycles. The Hall–Kier alpha value is -2.18. The first-order valence-electron chi connectivity index (χ1n) is 6.58. The molecule has 1 heterocycles. The summed E-state index contributed by atoms with van der Waals surface area (Å²) in [7, 11) is 1.65. The number of hydrogen-bond donors (Lipinski definition) is 0. The molecule has 3 nitrogen and oxygen atoms in total. The van der Waals surface area contributed by atoms with E-state index < -0.39 is 0 Å². The molecule has 1 aromatic heterocycles. The van der Waals surface area contributed by atoms with Gasteiger partial charge < -0.3 is 9.47 Å². The minimum absolute atomic E-state index is 0.421. The molecule has 4 heteroatoms. The van der Waals surface area contributed by atoms with E-state index in [-0.39, 0.29) is 0 Å². The third kappa shape index (κ3) is 4.70. The summed E-state index contributed by atoms with van der Waals surface area (Å²) < 4.78 is 11.0. The third-order valence-electron chi connectivity index (χ3n) is 2.75. The number of halogens is 1. The molecule has 0 fully saturated rings. The highest BCUT2D eigenvalue weighted by molar-refractivity contribution is 6.18. The molecule has 0 saturated carbocycles. The molecule has 0 spiro atoms. The molecule has 1 aromatic carbocycles. The third-order valence-corrected chi connectivity index (χ3v) is 2.94. The van der Waals surface area contributed by atoms with E-state index in [9.17, 15) is 0 Å². The van der Waals surface area contributed by atoms with E-state index in [0.29, 0.717) is 24.7 Å². The van der Waals surface area contributed by atoms with Crippen LogP contribution in [0.25, 0.3) is 0 Å². The Morgan fingerprint density at radius 2 is 2.10 bits per heavy atom. The number of hydrogen-bond acceptors (Lipinski definition) is 3. The fraction of sp³-hybridized carbons (Fsp3) is 0.235. The second kappa shape index (κ2) is 8.18. The van der Waals surface area contributed by atoms with E-state index in [0.717, 1.165) is 16.9 Å². The zero-order valence-corrected chi connectivity index (χ0v) is 12.6. The maximum atomic E-state index is 5.75. The number of aromatic nitrogens is 1. The summed E-state index contributed by atoms with van der Waals surface area (Å²) in [5.74, 6) is 8.00. The number of benzene rings is 1. The SMILES string of the molecule is COc1ccccc1COc1cncc(C#CCCCl)c1. The lowest BCUT2D eigenvalue weighted by Crippen LogP contribution is -1.99. The van der Waals surface area contributed by atoms with Crippen molar-refractivity contribution in [1.82, 2.24) is 4.98 Å². The molecular formula is C17H16ClNO2. The Morgan fingerprint density at radius 3 is 2.90 bits per heavy atom. The number of alkyl halides is 1. The van der Waals surface area contributed by atoms with Crippen LogP contribution in [-0.2, 0) is 6.61 Å². The van der Waals surface area contributed by atoms with Crippen molar-refractivity contribution < 1.29 is 9.47 Å². The van der Waals surface area contributed by atoms with Gasteiger partial charge in [-0.3, -0.25) is 4.98 Å². The number of ether oxygens (including phenoxy) is 2. The normalized spacial score (nSPS) is 9.62. The van der Waals surface area contributed by atoms with Crippen molar-refractivity contribution in [3.05, 3.63) is 53.9 Å². The highest BCUT2D eigenvalue weighted by atomic mass is 35.5. The molecule has 0 unspecified atom stereocenters. The molecule has 0 saturated heterocycles. The van der Waals surface area contributed by atoms with Gasteiger partial charge in [-0.05, 0) is 12.1 Å². The van der Waals surface area contributed by atoms with Crippen molar-refractivity contribution in [3.63, 3.8) is 0 Å². The molecular weight excluding hydrogens is 286 g/mol. The van der Waals surface area contributed by atoms with Gasteiger partial charge in [-0.15, -0.1) is 11.6 Å². The van der Waals surface area contributed by atoms with E-state index in [1.54, 1.807) is 19.5 Å². The summed E-state index contributed by atoms with van der Waals surface area (Å²) in [5, 5.41) is 0. The molecule has 0 amide bonds. The van der Waals surface area contributed by atoms with Gasteiger partial charge >= 0.3 is 0 Å². The minimum Gasteiger partial charge on any atom is -0.496 e. The molecule has 0 aliphatic heterocycles. The first-order chi connectivity index (χ1) is 10.3. The lowest BCUT2D eigenvalue weighted by Gasteiger charge is -2.09. The molecule has 0 N–H and O–H groups in total. The van der Waals surface area contributed by atoms with Gasteiger partial charge in [0.15, 0.2) is 0 Å². The summed E-state index contributed by atoms with van der Waals surface area (Å²) in [4.78, 5) is 4.13. The van der Waals surface area contributed by atoms with Crippen LogP contribution < -0.4 is 9.47 Å². The summed E-state index contributed by atoms with van der Waals surface area (Å²) in [6, 6.07) is 9.62. The Balaban J connectivity index is 2.03. The Labute approximate surface area is 129 Å². The van der Waals surface area contributed by atoms with Crippen molar-refractivity contribution in [2.24, 2.45) is 0 Å². The number of methoxy groups -OCH3 is 1. The average molecular weight is 302 g/mol. The predicted molar refractivity (Wildman–Crippen MR) is 83.8 cm³/mol. The number of rotatable bonds is 5. The van der Waals surface area contributed by atoms with E-state index >= 15 is 0 Å². The van der Waals surface area contributed by atoms with Crippen LogP contribution in [0.3, 0.4) is 0 Å². The molecule has 0 aliphatic rings. The second-order valence-electron chi connectivity index (χ2n) is 4.25. The van der Waals surface area contributed by atoms with E-state index in [2.05, 4.69) is 16.8 Å². The number of nitrogens with zero attached hydrogens (tertiary/aromatic N) is 1. The van der Waals surface area contributed by atoms with E-state index in [1.165, 1.54) is 0 Å². The van der Waals surface area contributed by atoms with Crippen LogP contribution in [0.5, 0.6) is 11.5 Å². The molecule has 0 bridgehead atoms. The van der Waals surface area contributed by atoms with Gasteiger partial charge in [-0.2, -0.15) is 0 Å². The van der Waals surface area contributed by atoms with Crippen LogP contribution >= 0.6 is 11.6 Å². The van der Waals surface area contributed by atoms with Crippen molar-refractivity contribution in [2.75, 3.05) is 13.0 Å². The zero-order chi connectivity index (χ0) is 14.9. The molecule has 108 valence electrons. The highest BCUT2D eigenvalue weighted by Crippen LogP contribution is 2.20. The number of para-hydroxylation sites is 1. The van der Waals surface area contributed by atoms with Gasteiger partial charge in [-0.1, -0.05) is 30.0 Å². The van der Waals surface area contributed by atoms with Crippen LogP contribution in [0.1, 0.15) is 17.5 Å². The minimum atomic E-state index is 0.421. The van der Waals surface area contributed by atoms with Gasteiger partial charge in [-0.25, -0.2) is 0 Å². The van der Waals surface area contributed by atoms with Crippen LogP contribution in [0.15, 0.2) is 42.7 Å². The van der Waals surface area contributed by atoms with Crippen LogP contribution in [0, 0.1) is 11.8 Å². The van der Waals surface area contributed by atoms with Gasteiger partial charge in [0.05, 0.1) is 13.3 Å². The summed E-state index contributed by atoms with van der Waals surface area (Å²) in [5.41, 5.74) is 1.80. The zero-order valence-electron chi connectivity index (χ0n) is 11.8. The standard InChI is InChI=1S/C17H16ClNO2/c1-20-17-8-3-2-7-15(17)13-21-16-10-14(11-19-12-16)6-4-5-9-18/h2-3,7-8,10-12H,5,9,13H2,1H3. The van der Waals surface area contributed by atoms with E-state index in [4.69, 9.17) is 21.1 Å². The largest absolute Gasteiger partial charge is 0.496 e. The maximum Gasteiger partial charge on any atom is 0.139 e. The van der Waals surface area contributed by atoms with Gasteiger partial charge in [0.2, 0.25) is 0 Å². The molecule has 0 radical (unpaired) electrons. The highest BCUT2D eigenvalue weighted by Gasteiger charge is 2.03. The Kier molecular flexibility index (Phi) is 5.93. The fourth-order valence-corrected chi connectivity index (χ4v) is 1.86. The lowest BCUT2D eigenvalue weighted by molar-refractivity contribution is 0.295. The Morgan fingerprint density at radius 1 is 1.24 bits per heavy atom. The number of pyridine rings is 1. The second-order valence-corrected chi connectivity index (χ2v) is 4.63. The van der Waals surface area contributed by atoms with Gasteiger partial charge in [0.1, 0.15) is 18.1 Å².